The van der Waals surface area contributed by atoms with Gasteiger partial charge in [0.05, 0.1) is 32.4 Å². The summed E-state index contributed by atoms with van der Waals surface area (Å²) in [5, 5.41) is 10.3. The highest BCUT2D eigenvalue weighted by atomic mass is 16.5. The average molecular weight is 213 g/mol. The van der Waals surface area contributed by atoms with E-state index in [0.717, 1.165) is 0 Å². The first-order valence-electron chi connectivity index (χ1n) is 4.61. The molecule has 0 aliphatic rings. The van der Waals surface area contributed by atoms with Gasteiger partial charge >= 0.3 is 0 Å². The summed E-state index contributed by atoms with van der Waals surface area (Å²) in [5.74, 6) is -0.207. The van der Waals surface area contributed by atoms with Gasteiger partial charge in [-0.25, -0.2) is 4.68 Å². The summed E-state index contributed by atoms with van der Waals surface area (Å²) >= 11 is 0. The van der Waals surface area contributed by atoms with Crippen LogP contribution in [0, 0.1) is 0 Å². The number of amides is 1. The van der Waals surface area contributed by atoms with Crippen molar-refractivity contribution in [3.8, 4) is 0 Å². The number of nitrogens with one attached hydrogen (secondary N) is 1. The maximum absolute atomic E-state index is 10.9. The molecule has 1 aromatic rings. The Labute approximate surface area is 87.6 Å². The standard InChI is InChI=1S/C8H15N5O2/c1-15-3-2-13-6-7(11-12-13)5-10-8(14)4-9/h6H,2-5,9H2,1H3,(H,10,14). The predicted molar refractivity (Wildman–Crippen MR) is 52.8 cm³/mol. The van der Waals surface area contributed by atoms with Gasteiger partial charge in [-0.15, -0.1) is 5.10 Å². The monoisotopic (exact) mass is 213 g/mol. The van der Waals surface area contributed by atoms with Crippen molar-refractivity contribution in [3.05, 3.63) is 11.9 Å². The number of aromatic nitrogens is 3. The molecule has 0 aliphatic heterocycles. The molecule has 7 heteroatoms. The summed E-state index contributed by atoms with van der Waals surface area (Å²) in [7, 11) is 1.62. The molecule has 0 saturated heterocycles. The van der Waals surface area contributed by atoms with Crippen LogP contribution in [0.2, 0.25) is 0 Å². The molecule has 15 heavy (non-hydrogen) atoms. The zero-order chi connectivity index (χ0) is 11.1. The fourth-order valence-electron chi connectivity index (χ4n) is 0.975. The van der Waals surface area contributed by atoms with Gasteiger partial charge in [-0.1, -0.05) is 5.21 Å². The van der Waals surface area contributed by atoms with Crippen LogP contribution in [0.4, 0.5) is 0 Å². The number of hydrogen-bond acceptors (Lipinski definition) is 5. The van der Waals surface area contributed by atoms with Crippen molar-refractivity contribution in [2.45, 2.75) is 13.1 Å². The molecule has 1 heterocycles. The van der Waals surface area contributed by atoms with E-state index in [1.165, 1.54) is 0 Å². The highest BCUT2D eigenvalue weighted by Crippen LogP contribution is 1.92. The largest absolute Gasteiger partial charge is 0.383 e. The van der Waals surface area contributed by atoms with E-state index in [4.69, 9.17) is 10.5 Å². The van der Waals surface area contributed by atoms with Gasteiger partial charge in [-0.2, -0.15) is 0 Å². The van der Waals surface area contributed by atoms with Gasteiger partial charge in [0.25, 0.3) is 0 Å². The minimum Gasteiger partial charge on any atom is -0.383 e. The summed E-state index contributed by atoms with van der Waals surface area (Å²) in [4.78, 5) is 10.9. The fourth-order valence-corrected chi connectivity index (χ4v) is 0.975. The van der Waals surface area contributed by atoms with Gasteiger partial charge < -0.3 is 15.8 Å². The van der Waals surface area contributed by atoms with Crippen molar-refractivity contribution in [2.24, 2.45) is 5.73 Å². The number of nitrogens with two attached hydrogens (primary N) is 1. The number of hydrogen-bond donors (Lipinski definition) is 2. The highest BCUT2D eigenvalue weighted by molar-refractivity contribution is 5.77. The lowest BCUT2D eigenvalue weighted by Gasteiger charge is -1.99. The van der Waals surface area contributed by atoms with Gasteiger partial charge in [0.2, 0.25) is 5.91 Å². The summed E-state index contributed by atoms with van der Waals surface area (Å²) in [6.45, 7) is 1.56. The van der Waals surface area contributed by atoms with Crippen molar-refractivity contribution < 1.29 is 9.53 Å². The van der Waals surface area contributed by atoms with Crippen LogP contribution < -0.4 is 11.1 Å². The van der Waals surface area contributed by atoms with E-state index in [-0.39, 0.29) is 12.5 Å². The van der Waals surface area contributed by atoms with Gasteiger partial charge in [-0.05, 0) is 0 Å². The zero-order valence-corrected chi connectivity index (χ0v) is 8.64. The summed E-state index contributed by atoms with van der Waals surface area (Å²) in [6.07, 6.45) is 1.76. The molecule has 0 saturated carbocycles. The molecule has 0 unspecified atom stereocenters. The maximum Gasteiger partial charge on any atom is 0.234 e. The van der Waals surface area contributed by atoms with E-state index >= 15 is 0 Å². The van der Waals surface area contributed by atoms with Gasteiger partial charge in [0.15, 0.2) is 0 Å². The van der Waals surface area contributed by atoms with Crippen LogP contribution in [0.15, 0.2) is 6.20 Å². The summed E-state index contributed by atoms with van der Waals surface area (Å²) in [6, 6.07) is 0. The van der Waals surface area contributed by atoms with Crippen molar-refractivity contribution in [1.82, 2.24) is 20.3 Å². The van der Waals surface area contributed by atoms with Crippen LogP contribution in [-0.2, 0) is 22.6 Å². The van der Waals surface area contributed by atoms with Crippen LogP contribution in [0.3, 0.4) is 0 Å². The molecule has 0 spiro atoms. The van der Waals surface area contributed by atoms with Crippen LogP contribution >= 0.6 is 0 Å². The third-order valence-corrected chi connectivity index (χ3v) is 1.76. The Bertz CT molecular complexity index is 312. The Morgan fingerprint density at radius 3 is 3.20 bits per heavy atom. The first kappa shape index (κ1) is 11.6. The second-order valence-corrected chi connectivity index (χ2v) is 2.95. The third-order valence-electron chi connectivity index (χ3n) is 1.76. The van der Waals surface area contributed by atoms with Crippen LogP contribution in [0.5, 0.6) is 0 Å². The van der Waals surface area contributed by atoms with Crippen LogP contribution in [0.1, 0.15) is 5.69 Å². The Morgan fingerprint density at radius 1 is 1.73 bits per heavy atom. The van der Waals surface area contributed by atoms with Crippen molar-refractivity contribution >= 4 is 5.91 Å². The second-order valence-electron chi connectivity index (χ2n) is 2.95. The Balaban J connectivity index is 2.35. The first-order valence-corrected chi connectivity index (χ1v) is 4.61. The normalized spacial score (nSPS) is 10.3. The molecule has 0 aliphatic carbocycles. The SMILES string of the molecule is COCCn1cc(CNC(=O)CN)nn1. The molecule has 0 bridgehead atoms. The first-order chi connectivity index (χ1) is 7.26. The minimum atomic E-state index is -0.207. The second kappa shape index (κ2) is 6.10. The van der Waals surface area contributed by atoms with Crippen molar-refractivity contribution in [3.63, 3.8) is 0 Å². The van der Waals surface area contributed by atoms with Crippen LogP contribution in [-0.4, -0.2) is 41.2 Å². The Morgan fingerprint density at radius 2 is 2.53 bits per heavy atom. The molecule has 0 radical (unpaired) electrons. The molecule has 7 nitrogen and oxygen atoms in total. The number of ether oxygens (including phenoxy) is 1. The van der Waals surface area contributed by atoms with E-state index in [9.17, 15) is 4.79 Å². The molecule has 0 fully saturated rings. The van der Waals surface area contributed by atoms with Gasteiger partial charge in [0, 0.05) is 7.11 Å². The molecule has 1 rings (SSSR count). The van der Waals surface area contributed by atoms with E-state index < -0.39 is 0 Å². The smallest absolute Gasteiger partial charge is 0.234 e. The lowest BCUT2D eigenvalue weighted by molar-refractivity contribution is -0.119. The molecule has 1 aromatic heterocycles. The lowest BCUT2D eigenvalue weighted by atomic mass is 10.4. The Hall–Kier alpha value is -1.47. The summed E-state index contributed by atoms with van der Waals surface area (Å²) < 4.78 is 6.56. The Kier molecular flexibility index (Phi) is 4.72. The molecular weight excluding hydrogens is 198 g/mol. The predicted octanol–water partition coefficient (Wildman–Crippen LogP) is -1.50. The molecule has 1 amide bonds. The lowest BCUT2D eigenvalue weighted by Crippen LogP contribution is -2.29. The number of carbonyl (C=O) groups excluding carboxylic acids is 1. The molecule has 0 atom stereocenters. The van der Waals surface area contributed by atoms with E-state index in [0.29, 0.717) is 25.4 Å². The number of nitrogens with zero attached hydrogens (tertiary/aromatic N) is 3. The number of carbonyl (C=O) groups is 1. The maximum atomic E-state index is 10.9. The molecular formula is C8H15N5O2. The van der Waals surface area contributed by atoms with E-state index in [1.54, 1.807) is 18.0 Å². The van der Waals surface area contributed by atoms with Crippen molar-refractivity contribution in [1.29, 1.82) is 0 Å². The molecule has 3 N–H and O–H groups in total. The van der Waals surface area contributed by atoms with E-state index in [2.05, 4.69) is 15.6 Å². The van der Waals surface area contributed by atoms with Gasteiger partial charge in [0.1, 0.15) is 5.69 Å². The molecule has 84 valence electrons. The fraction of sp³-hybridized carbons (Fsp3) is 0.625. The quantitative estimate of drug-likeness (QED) is 0.599. The average Bonchev–Trinajstić information content (AvgIpc) is 2.71. The van der Waals surface area contributed by atoms with Crippen molar-refractivity contribution in [2.75, 3.05) is 20.3 Å². The minimum absolute atomic E-state index is 0.0161. The topological polar surface area (TPSA) is 95.1 Å². The number of methoxy groups -OCH3 is 1. The van der Waals surface area contributed by atoms with Crippen LogP contribution in [0.25, 0.3) is 0 Å². The highest BCUT2D eigenvalue weighted by Gasteiger charge is 2.02. The van der Waals surface area contributed by atoms with E-state index in [1.807, 2.05) is 0 Å². The summed E-state index contributed by atoms with van der Waals surface area (Å²) in [5.41, 5.74) is 5.84. The van der Waals surface area contributed by atoms with Gasteiger partial charge in [-0.3, -0.25) is 4.79 Å². The third kappa shape index (κ3) is 4.05. The zero-order valence-electron chi connectivity index (χ0n) is 8.64. The number of rotatable bonds is 6. The molecule has 0 aromatic carbocycles.